The van der Waals surface area contributed by atoms with Crippen molar-refractivity contribution in [2.24, 2.45) is 17.6 Å². The maximum absolute atomic E-state index is 11.5. The van der Waals surface area contributed by atoms with Crippen LogP contribution in [-0.2, 0) is 0 Å². The molecule has 4 nitrogen and oxygen atoms in total. The van der Waals surface area contributed by atoms with E-state index in [-0.39, 0.29) is 5.91 Å². The van der Waals surface area contributed by atoms with E-state index < -0.39 is 0 Å². The monoisotopic (exact) mass is 337 g/mol. The summed E-state index contributed by atoms with van der Waals surface area (Å²) in [7, 11) is 0. The molecule has 1 aromatic heterocycles. The van der Waals surface area contributed by atoms with Crippen LogP contribution >= 0.6 is 0 Å². The minimum absolute atomic E-state index is 0.374. The Morgan fingerprint density at radius 3 is 2.44 bits per heavy atom. The van der Waals surface area contributed by atoms with Crippen LogP contribution in [0.25, 0.3) is 10.8 Å². The van der Waals surface area contributed by atoms with Crippen molar-refractivity contribution >= 4 is 22.4 Å². The van der Waals surface area contributed by atoms with Crippen molar-refractivity contribution in [3.63, 3.8) is 0 Å². The molecule has 1 aromatic carbocycles. The summed E-state index contributed by atoms with van der Waals surface area (Å²) in [5.74, 6) is 1.46. The van der Waals surface area contributed by atoms with Crippen LogP contribution in [0.2, 0.25) is 0 Å². The van der Waals surface area contributed by atoms with Gasteiger partial charge >= 0.3 is 0 Å². The summed E-state index contributed by atoms with van der Waals surface area (Å²) in [6, 6.07) is 5.65. The number of rotatable bonds is 3. The molecule has 0 atom stereocenters. The summed E-state index contributed by atoms with van der Waals surface area (Å²) < 4.78 is 0. The number of fused-ring (bicyclic) bond motifs is 1. The Balaban J connectivity index is 1.54. The van der Waals surface area contributed by atoms with Crippen molar-refractivity contribution in [1.29, 1.82) is 0 Å². The number of carbonyl (C=O) groups is 1. The van der Waals surface area contributed by atoms with Crippen LogP contribution in [0.15, 0.2) is 30.6 Å². The van der Waals surface area contributed by atoms with E-state index >= 15 is 0 Å². The highest BCUT2D eigenvalue weighted by atomic mass is 16.1. The maximum atomic E-state index is 11.5. The molecule has 1 saturated heterocycles. The Bertz CT molecular complexity index is 759. The van der Waals surface area contributed by atoms with E-state index in [1.165, 1.54) is 44.9 Å². The van der Waals surface area contributed by atoms with Crippen LogP contribution < -0.4 is 10.6 Å². The molecule has 132 valence electrons. The number of nitrogens with zero attached hydrogens (tertiary/aromatic N) is 2. The molecule has 4 rings (SSSR count). The topological polar surface area (TPSA) is 59.2 Å². The summed E-state index contributed by atoms with van der Waals surface area (Å²) >= 11 is 0. The summed E-state index contributed by atoms with van der Waals surface area (Å²) in [6.07, 6.45) is 13.5. The first-order valence-electron chi connectivity index (χ1n) is 9.65. The number of amides is 1. The van der Waals surface area contributed by atoms with Crippen molar-refractivity contribution in [3.05, 3.63) is 36.2 Å². The molecule has 2 fully saturated rings. The maximum Gasteiger partial charge on any atom is 0.248 e. The van der Waals surface area contributed by atoms with Gasteiger partial charge in [0.05, 0.1) is 11.9 Å². The van der Waals surface area contributed by atoms with Crippen molar-refractivity contribution in [2.75, 3.05) is 18.0 Å². The average molecular weight is 337 g/mol. The molecule has 2 N–H and O–H groups in total. The molecule has 25 heavy (non-hydrogen) atoms. The molecule has 0 spiro atoms. The van der Waals surface area contributed by atoms with Crippen LogP contribution in [0.5, 0.6) is 0 Å². The van der Waals surface area contributed by atoms with Gasteiger partial charge in [0.25, 0.3) is 0 Å². The highest BCUT2D eigenvalue weighted by Crippen LogP contribution is 2.37. The number of primary amides is 1. The molecule has 0 bridgehead atoms. The lowest BCUT2D eigenvalue weighted by Crippen LogP contribution is -2.36. The predicted molar refractivity (Wildman–Crippen MR) is 102 cm³/mol. The molecular formula is C21H27N3O. The molecule has 2 aromatic rings. The number of piperidine rings is 1. The molecule has 2 heterocycles. The fraction of sp³-hybridized carbons (Fsp3) is 0.524. The van der Waals surface area contributed by atoms with Gasteiger partial charge in [0.15, 0.2) is 0 Å². The van der Waals surface area contributed by atoms with E-state index in [2.05, 4.69) is 9.88 Å². The number of hydrogen-bond acceptors (Lipinski definition) is 3. The van der Waals surface area contributed by atoms with Gasteiger partial charge in [0, 0.05) is 35.6 Å². The summed E-state index contributed by atoms with van der Waals surface area (Å²) in [6.45, 7) is 2.17. The molecule has 1 aliphatic carbocycles. The van der Waals surface area contributed by atoms with Gasteiger partial charge < -0.3 is 10.6 Å². The van der Waals surface area contributed by atoms with Gasteiger partial charge in [-0.25, -0.2) is 0 Å². The van der Waals surface area contributed by atoms with Gasteiger partial charge in [-0.3, -0.25) is 9.78 Å². The number of aromatic nitrogens is 1. The normalized spacial score (nSPS) is 20.1. The van der Waals surface area contributed by atoms with E-state index in [0.717, 1.165) is 41.4 Å². The molecule has 1 saturated carbocycles. The van der Waals surface area contributed by atoms with Crippen LogP contribution in [0.1, 0.15) is 55.3 Å². The largest absolute Gasteiger partial charge is 0.370 e. The van der Waals surface area contributed by atoms with Crippen LogP contribution in [-0.4, -0.2) is 24.0 Å². The third kappa shape index (κ3) is 3.35. The van der Waals surface area contributed by atoms with Gasteiger partial charge in [-0.05, 0) is 36.8 Å². The molecule has 2 aliphatic rings. The minimum Gasteiger partial charge on any atom is -0.370 e. The average Bonchev–Trinajstić information content (AvgIpc) is 2.68. The van der Waals surface area contributed by atoms with E-state index in [1.807, 2.05) is 24.5 Å². The number of benzene rings is 1. The van der Waals surface area contributed by atoms with Crippen LogP contribution in [0.3, 0.4) is 0 Å². The number of pyridine rings is 1. The Morgan fingerprint density at radius 1 is 1.00 bits per heavy atom. The first-order chi connectivity index (χ1) is 12.2. The molecule has 0 unspecified atom stereocenters. The zero-order chi connectivity index (χ0) is 17.2. The van der Waals surface area contributed by atoms with E-state index in [9.17, 15) is 4.79 Å². The second kappa shape index (κ2) is 7.03. The third-order valence-electron chi connectivity index (χ3n) is 6.22. The van der Waals surface area contributed by atoms with Crippen molar-refractivity contribution in [1.82, 2.24) is 4.98 Å². The second-order valence-corrected chi connectivity index (χ2v) is 7.68. The van der Waals surface area contributed by atoms with Gasteiger partial charge in [0.1, 0.15) is 0 Å². The Hall–Kier alpha value is -2.10. The standard InChI is InChI=1S/C21H27N3O/c22-21(25)17-6-7-18-13-23-14-20(19(18)12-17)24-10-8-16(9-11-24)15-4-2-1-3-5-15/h6-7,12-16H,1-5,8-11H2,(H2,22,25). The van der Waals surface area contributed by atoms with Crippen LogP contribution in [0, 0.1) is 11.8 Å². The lowest BCUT2D eigenvalue weighted by Gasteiger charge is -2.38. The molecular weight excluding hydrogens is 310 g/mol. The number of hydrogen-bond donors (Lipinski definition) is 1. The van der Waals surface area contributed by atoms with Crippen molar-refractivity contribution in [2.45, 2.75) is 44.9 Å². The highest BCUT2D eigenvalue weighted by molar-refractivity contribution is 6.01. The second-order valence-electron chi connectivity index (χ2n) is 7.68. The highest BCUT2D eigenvalue weighted by Gasteiger charge is 2.28. The predicted octanol–water partition coefficient (Wildman–Crippen LogP) is 4.13. The number of carbonyl (C=O) groups excluding carboxylic acids is 1. The molecule has 0 radical (unpaired) electrons. The van der Waals surface area contributed by atoms with Gasteiger partial charge in [0.2, 0.25) is 5.91 Å². The molecule has 4 heteroatoms. The van der Waals surface area contributed by atoms with Crippen molar-refractivity contribution < 1.29 is 4.79 Å². The molecule has 1 amide bonds. The Kier molecular flexibility index (Phi) is 4.60. The first kappa shape index (κ1) is 16.4. The summed E-state index contributed by atoms with van der Waals surface area (Å²) in [5, 5.41) is 2.15. The Morgan fingerprint density at radius 2 is 1.72 bits per heavy atom. The number of anilines is 1. The zero-order valence-electron chi connectivity index (χ0n) is 14.8. The van der Waals surface area contributed by atoms with Gasteiger partial charge in [-0.15, -0.1) is 0 Å². The van der Waals surface area contributed by atoms with E-state index in [4.69, 9.17) is 5.73 Å². The SMILES string of the molecule is NC(=O)c1ccc2cncc(N3CCC(C4CCCCC4)CC3)c2c1. The lowest BCUT2D eigenvalue weighted by molar-refractivity contribution is 0.100. The minimum atomic E-state index is -0.374. The number of nitrogens with two attached hydrogens (primary N) is 1. The summed E-state index contributed by atoms with van der Waals surface area (Å²) in [4.78, 5) is 18.4. The summed E-state index contributed by atoms with van der Waals surface area (Å²) in [5.41, 5.74) is 7.17. The smallest absolute Gasteiger partial charge is 0.248 e. The third-order valence-corrected chi connectivity index (χ3v) is 6.22. The Labute approximate surface area is 149 Å². The first-order valence-corrected chi connectivity index (χ1v) is 9.65. The fourth-order valence-corrected chi connectivity index (χ4v) is 4.77. The van der Waals surface area contributed by atoms with Crippen molar-refractivity contribution in [3.8, 4) is 0 Å². The quantitative estimate of drug-likeness (QED) is 0.916. The van der Waals surface area contributed by atoms with E-state index in [0.29, 0.717) is 5.56 Å². The zero-order valence-corrected chi connectivity index (χ0v) is 14.8. The van der Waals surface area contributed by atoms with Gasteiger partial charge in [-0.1, -0.05) is 38.2 Å². The lowest BCUT2D eigenvalue weighted by atomic mass is 9.76. The van der Waals surface area contributed by atoms with E-state index in [1.54, 1.807) is 6.07 Å². The fourth-order valence-electron chi connectivity index (χ4n) is 4.77. The molecule has 1 aliphatic heterocycles. The van der Waals surface area contributed by atoms with Gasteiger partial charge in [-0.2, -0.15) is 0 Å². The van der Waals surface area contributed by atoms with Crippen LogP contribution in [0.4, 0.5) is 5.69 Å².